The Morgan fingerprint density at radius 1 is 1.30 bits per heavy atom. The molecule has 0 unspecified atom stereocenters. The van der Waals surface area contributed by atoms with Gasteiger partial charge in [0.2, 0.25) is 0 Å². The Labute approximate surface area is 118 Å². The smallest absolute Gasteiger partial charge is 0.163 e. The van der Waals surface area contributed by atoms with E-state index in [1.54, 1.807) is 13.0 Å². The van der Waals surface area contributed by atoms with Crippen LogP contribution in [0.25, 0.3) is 0 Å². The van der Waals surface area contributed by atoms with E-state index < -0.39 is 0 Å². The number of ether oxygens (including phenoxy) is 1. The Morgan fingerprint density at radius 2 is 2.00 bits per heavy atom. The lowest BCUT2D eigenvalue weighted by Gasteiger charge is -2.15. The van der Waals surface area contributed by atoms with Crippen molar-refractivity contribution in [3.63, 3.8) is 0 Å². The number of rotatable bonds is 5. The number of methoxy groups -OCH3 is 1. The molecule has 2 aromatic carbocycles. The zero-order valence-corrected chi connectivity index (χ0v) is 11.5. The Kier molecular flexibility index (Phi) is 4.25. The van der Waals surface area contributed by atoms with Gasteiger partial charge < -0.3 is 15.2 Å². The van der Waals surface area contributed by atoms with Crippen LogP contribution in [-0.2, 0) is 6.54 Å². The standard InChI is InChI=1S/C16H17NO3/c1-11-8-12(10-18)14(15(19)16(11)20-2)9-17-13-6-4-3-5-7-13/h3-8,10,17,19H,9H2,1-2H3. The molecule has 0 spiro atoms. The van der Waals surface area contributed by atoms with Crippen LogP contribution >= 0.6 is 0 Å². The predicted molar refractivity (Wildman–Crippen MR) is 78.6 cm³/mol. The van der Waals surface area contributed by atoms with E-state index in [0.29, 0.717) is 23.4 Å². The van der Waals surface area contributed by atoms with Crippen molar-refractivity contribution in [1.29, 1.82) is 0 Å². The first-order valence-electron chi connectivity index (χ1n) is 6.31. The van der Waals surface area contributed by atoms with Crippen molar-refractivity contribution in [2.75, 3.05) is 12.4 Å². The number of benzene rings is 2. The van der Waals surface area contributed by atoms with Gasteiger partial charge in [-0.3, -0.25) is 4.79 Å². The third kappa shape index (κ3) is 2.74. The fourth-order valence-corrected chi connectivity index (χ4v) is 2.14. The van der Waals surface area contributed by atoms with Crippen LogP contribution in [0.4, 0.5) is 5.69 Å². The number of aryl methyl sites for hydroxylation is 1. The van der Waals surface area contributed by atoms with Crippen LogP contribution in [0.3, 0.4) is 0 Å². The molecule has 2 aromatic rings. The monoisotopic (exact) mass is 271 g/mol. The summed E-state index contributed by atoms with van der Waals surface area (Å²) in [5.41, 5.74) is 2.65. The number of phenolic OH excluding ortho intramolecular Hbond substituents is 1. The van der Waals surface area contributed by atoms with E-state index in [-0.39, 0.29) is 5.75 Å². The van der Waals surface area contributed by atoms with Crippen molar-refractivity contribution in [1.82, 2.24) is 0 Å². The molecule has 0 aromatic heterocycles. The molecule has 0 atom stereocenters. The lowest BCUT2D eigenvalue weighted by atomic mass is 10.0. The van der Waals surface area contributed by atoms with Crippen molar-refractivity contribution in [2.45, 2.75) is 13.5 Å². The highest BCUT2D eigenvalue weighted by atomic mass is 16.5. The molecule has 0 fully saturated rings. The molecule has 0 aliphatic carbocycles. The molecule has 0 aliphatic heterocycles. The number of aromatic hydroxyl groups is 1. The lowest BCUT2D eigenvalue weighted by Crippen LogP contribution is -2.05. The molecule has 0 heterocycles. The number of nitrogens with one attached hydrogen (secondary N) is 1. The molecule has 4 nitrogen and oxygen atoms in total. The van der Waals surface area contributed by atoms with Crippen LogP contribution < -0.4 is 10.1 Å². The van der Waals surface area contributed by atoms with E-state index in [0.717, 1.165) is 17.5 Å². The van der Waals surface area contributed by atoms with Crippen LogP contribution in [0.2, 0.25) is 0 Å². The minimum Gasteiger partial charge on any atom is -0.504 e. The third-order valence-electron chi connectivity index (χ3n) is 3.15. The summed E-state index contributed by atoms with van der Waals surface area (Å²) in [6.07, 6.45) is 0.744. The topological polar surface area (TPSA) is 58.6 Å². The number of carbonyl (C=O) groups excluding carboxylic acids is 1. The highest BCUT2D eigenvalue weighted by Crippen LogP contribution is 2.35. The van der Waals surface area contributed by atoms with Gasteiger partial charge in [0.25, 0.3) is 0 Å². The molecule has 0 radical (unpaired) electrons. The number of carbonyl (C=O) groups is 1. The van der Waals surface area contributed by atoms with E-state index >= 15 is 0 Å². The Morgan fingerprint density at radius 3 is 2.60 bits per heavy atom. The van der Waals surface area contributed by atoms with Gasteiger partial charge in [-0.1, -0.05) is 18.2 Å². The molecule has 2 rings (SSSR count). The number of hydrogen-bond donors (Lipinski definition) is 2. The van der Waals surface area contributed by atoms with E-state index in [1.165, 1.54) is 7.11 Å². The van der Waals surface area contributed by atoms with E-state index in [2.05, 4.69) is 5.32 Å². The second-order valence-corrected chi connectivity index (χ2v) is 4.48. The molecular formula is C16H17NO3. The number of phenols is 1. The molecule has 104 valence electrons. The number of anilines is 1. The highest BCUT2D eigenvalue weighted by molar-refractivity contribution is 5.81. The second kappa shape index (κ2) is 6.10. The molecular weight excluding hydrogens is 254 g/mol. The minimum absolute atomic E-state index is 0.0121. The summed E-state index contributed by atoms with van der Waals surface area (Å²) in [5, 5.41) is 13.4. The van der Waals surface area contributed by atoms with Crippen molar-refractivity contribution in [3.05, 3.63) is 53.1 Å². The summed E-state index contributed by atoms with van der Waals surface area (Å²) in [5.74, 6) is 0.415. The summed E-state index contributed by atoms with van der Waals surface area (Å²) >= 11 is 0. The van der Waals surface area contributed by atoms with Crippen molar-refractivity contribution >= 4 is 12.0 Å². The van der Waals surface area contributed by atoms with Gasteiger partial charge in [-0.25, -0.2) is 0 Å². The average Bonchev–Trinajstić information content (AvgIpc) is 2.47. The van der Waals surface area contributed by atoms with Gasteiger partial charge in [0, 0.05) is 23.4 Å². The van der Waals surface area contributed by atoms with Crippen LogP contribution in [0.15, 0.2) is 36.4 Å². The normalized spacial score (nSPS) is 10.1. The summed E-state index contributed by atoms with van der Waals surface area (Å²) in [6.45, 7) is 2.14. The fourth-order valence-electron chi connectivity index (χ4n) is 2.14. The zero-order valence-electron chi connectivity index (χ0n) is 11.5. The first kappa shape index (κ1) is 13.9. The molecule has 0 bridgehead atoms. The molecule has 20 heavy (non-hydrogen) atoms. The summed E-state index contributed by atoms with van der Waals surface area (Å²) in [6, 6.07) is 11.3. The van der Waals surface area contributed by atoms with Gasteiger partial charge in [-0.05, 0) is 30.7 Å². The minimum atomic E-state index is 0.0121. The Balaban J connectivity index is 2.32. The maximum atomic E-state index is 11.2. The zero-order chi connectivity index (χ0) is 14.5. The summed E-state index contributed by atoms with van der Waals surface area (Å²) in [7, 11) is 1.50. The summed E-state index contributed by atoms with van der Waals surface area (Å²) < 4.78 is 5.17. The van der Waals surface area contributed by atoms with Gasteiger partial charge >= 0.3 is 0 Å². The number of aldehydes is 1. The molecule has 0 aliphatic rings. The van der Waals surface area contributed by atoms with Crippen LogP contribution in [0.5, 0.6) is 11.5 Å². The summed E-state index contributed by atoms with van der Waals surface area (Å²) in [4.78, 5) is 11.2. The number of hydrogen-bond acceptors (Lipinski definition) is 4. The van der Waals surface area contributed by atoms with E-state index in [1.807, 2.05) is 30.3 Å². The highest BCUT2D eigenvalue weighted by Gasteiger charge is 2.15. The van der Waals surface area contributed by atoms with Gasteiger partial charge in [0.15, 0.2) is 17.8 Å². The number of para-hydroxylation sites is 1. The van der Waals surface area contributed by atoms with E-state index in [9.17, 15) is 9.90 Å². The quantitative estimate of drug-likeness (QED) is 0.820. The van der Waals surface area contributed by atoms with Crippen molar-refractivity contribution in [2.24, 2.45) is 0 Å². The maximum absolute atomic E-state index is 11.2. The second-order valence-electron chi connectivity index (χ2n) is 4.48. The van der Waals surface area contributed by atoms with Gasteiger partial charge in [-0.2, -0.15) is 0 Å². The van der Waals surface area contributed by atoms with E-state index in [4.69, 9.17) is 4.74 Å². The average molecular weight is 271 g/mol. The third-order valence-corrected chi connectivity index (χ3v) is 3.15. The SMILES string of the molecule is COc1c(C)cc(C=O)c(CNc2ccccc2)c1O. The van der Waals surface area contributed by atoms with Gasteiger partial charge in [0.05, 0.1) is 7.11 Å². The fraction of sp³-hybridized carbons (Fsp3) is 0.188. The Bertz CT molecular complexity index is 609. The maximum Gasteiger partial charge on any atom is 0.163 e. The van der Waals surface area contributed by atoms with Crippen molar-refractivity contribution < 1.29 is 14.6 Å². The lowest BCUT2D eigenvalue weighted by molar-refractivity contribution is 0.112. The first-order chi connectivity index (χ1) is 9.67. The molecule has 0 saturated carbocycles. The first-order valence-corrected chi connectivity index (χ1v) is 6.31. The van der Waals surface area contributed by atoms with Crippen LogP contribution in [0, 0.1) is 6.92 Å². The van der Waals surface area contributed by atoms with Gasteiger partial charge in [0.1, 0.15) is 0 Å². The van der Waals surface area contributed by atoms with Crippen LogP contribution in [0.1, 0.15) is 21.5 Å². The van der Waals surface area contributed by atoms with Gasteiger partial charge in [-0.15, -0.1) is 0 Å². The van der Waals surface area contributed by atoms with Crippen molar-refractivity contribution in [3.8, 4) is 11.5 Å². The molecule has 2 N–H and O–H groups in total. The largest absolute Gasteiger partial charge is 0.504 e. The molecule has 0 saturated heterocycles. The Hall–Kier alpha value is -2.49. The molecule has 4 heteroatoms. The predicted octanol–water partition coefficient (Wildman–Crippen LogP) is 3.13. The molecule has 0 amide bonds. The van der Waals surface area contributed by atoms with Crippen LogP contribution in [-0.4, -0.2) is 18.5 Å².